The second-order valence-electron chi connectivity index (χ2n) is 7.43. The number of benzene rings is 3. The van der Waals surface area contributed by atoms with Gasteiger partial charge in [0, 0.05) is 5.69 Å². The predicted octanol–water partition coefficient (Wildman–Crippen LogP) is 5.10. The summed E-state index contributed by atoms with van der Waals surface area (Å²) in [7, 11) is 0. The Labute approximate surface area is 182 Å². The highest BCUT2D eigenvalue weighted by Crippen LogP contribution is 2.35. The molecule has 156 valence electrons. The summed E-state index contributed by atoms with van der Waals surface area (Å²) in [6, 6.07) is 22.2. The Balaban J connectivity index is 1.79. The van der Waals surface area contributed by atoms with Gasteiger partial charge in [-0.05, 0) is 68.3 Å². The van der Waals surface area contributed by atoms with E-state index in [1.165, 1.54) is 4.90 Å². The Morgan fingerprint density at radius 2 is 1.58 bits per heavy atom. The van der Waals surface area contributed by atoms with Gasteiger partial charge < -0.3 is 10.1 Å². The van der Waals surface area contributed by atoms with Crippen LogP contribution in [0.3, 0.4) is 0 Å². The number of para-hydroxylation sites is 1. The number of hydrogen-bond acceptors (Lipinski definition) is 4. The number of carbonyl (C=O) groups excluding carboxylic acids is 2. The van der Waals surface area contributed by atoms with Gasteiger partial charge in [-0.3, -0.25) is 9.59 Å². The first kappa shape index (κ1) is 20.4. The van der Waals surface area contributed by atoms with E-state index in [1.54, 1.807) is 12.1 Å². The Kier molecular flexibility index (Phi) is 5.58. The highest BCUT2D eigenvalue weighted by atomic mass is 16.5. The number of anilines is 2. The molecule has 5 heteroatoms. The van der Waals surface area contributed by atoms with Crippen LogP contribution in [0.4, 0.5) is 11.4 Å². The molecule has 0 atom stereocenters. The van der Waals surface area contributed by atoms with Crippen LogP contribution in [0, 0.1) is 13.8 Å². The standard InChI is InChI=1S/C26H24N2O3/c1-4-31-21-13-11-19(12-14-21)27-24-23(22-15-10-17(2)16-18(22)3)25(29)28(26(24)30)20-8-6-5-7-9-20/h5-16,27H,4H2,1-3H3. The summed E-state index contributed by atoms with van der Waals surface area (Å²) in [5, 5.41) is 3.19. The molecule has 1 aliphatic rings. The Bertz CT molecular complexity index is 1170. The van der Waals surface area contributed by atoms with Gasteiger partial charge in [0.25, 0.3) is 11.8 Å². The van der Waals surface area contributed by atoms with E-state index in [4.69, 9.17) is 4.74 Å². The molecule has 31 heavy (non-hydrogen) atoms. The number of aryl methyl sites for hydroxylation is 2. The van der Waals surface area contributed by atoms with Crippen molar-refractivity contribution in [1.82, 2.24) is 0 Å². The van der Waals surface area contributed by atoms with Crippen LogP contribution >= 0.6 is 0 Å². The van der Waals surface area contributed by atoms with Crippen LogP contribution in [0.5, 0.6) is 5.75 Å². The monoisotopic (exact) mass is 412 g/mol. The first-order chi connectivity index (χ1) is 15.0. The number of imide groups is 1. The van der Waals surface area contributed by atoms with E-state index in [-0.39, 0.29) is 17.5 Å². The maximum atomic E-state index is 13.5. The van der Waals surface area contributed by atoms with Crippen molar-refractivity contribution < 1.29 is 14.3 Å². The molecular formula is C26H24N2O3. The first-order valence-corrected chi connectivity index (χ1v) is 10.2. The third kappa shape index (κ3) is 3.94. The minimum absolute atomic E-state index is 0.268. The average molecular weight is 412 g/mol. The fourth-order valence-electron chi connectivity index (χ4n) is 3.75. The minimum atomic E-state index is -0.375. The zero-order chi connectivity index (χ0) is 22.0. The van der Waals surface area contributed by atoms with Gasteiger partial charge in [-0.1, -0.05) is 42.0 Å². The number of carbonyl (C=O) groups is 2. The Hall–Kier alpha value is -3.86. The number of ether oxygens (including phenoxy) is 1. The van der Waals surface area contributed by atoms with Crippen LogP contribution in [-0.2, 0) is 9.59 Å². The van der Waals surface area contributed by atoms with E-state index in [1.807, 2.05) is 81.4 Å². The molecule has 0 saturated carbocycles. The van der Waals surface area contributed by atoms with Crippen molar-refractivity contribution in [3.05, 3.63) is 95.2 Å². The molecule has 2 amide bonds. The number of hydrogen-bond donors (Lipinski definition) is 1. The van der Waals surface area contributed by atoms with Crippen molar-refractivity contribution >= 4 is 28.8 Å². The van der Waals surface area contributed by atoms with Crippen LogP contribution in [-0.4, -0.2) is 18.4 Å². The molecule has 1 heterocycles. The SMILES string of the molecule is CCOc1ccc(NC2=C(c3ccc(C)cc3C)C(=O)N(c3ccccc3)C2=O)cc1. The summed E-state index contributed by atoms with van der Waals surface area (Å²) in [6.07, 6.45) is 0. The summed E-state index contributed by atoms with van der Waals surface area (Å²) in [5.74, 6) is 0.0352. The second kappa shape index (κ2) is 8.48. The highest BCUT2D eigenvalue weighted by molar-refractivity contribution is 6.46. The van der Waals surface area contributed by atoms with E-state index in [2.05, 4.69) is 5.32 Å². The molecule has 1 aliphatic heterocycles. The number of rotatable bonds is 6. The van der Waals surface area contributed by atoms with Gasteiger partial charge in [-0.15, -0.1) is 0 Å². The topological polar surface area (TPSA) is 58.6 Å². The maximum absolute atomic E-state index is 13.5. The van der Waals surface area contributed by atoms with Gasteiger partial charge in [0.2, 0.25) is 0 Å². The van der Waals surface area contributed by atoms with Crippen LogP contribution < -0.4 is 15.0 Å². The third-order valence-corrected chi connectivity index (χ3v) is 5.18. The zero-order valence-electron chi connectivity index (χ0n) is 17.8. The quantitative estimate of drug-likeness (QED) is 0.573. The van der Waals surface area contributed by atoms with Gasteiger partial charge in [0.1, 0.15) is 11.4 Å². The van der Waals surface area contributed by atoms with Gasteiger partial charge in [-0.25, -0.2) is 4.90 Å². The second-order valence-corrected chi connectivity index (χ2v) is 7.43. The largest absolute Gasteiger partial charge is 0.494 e. The van der Waals surface area contributed by atoms with Gasteiger partial charge >= 0.3 is 0 Å². The highest BCUT2D eigenvalue weighted by Gasteiger charge is 2.40. The van der Waals surface area contributed by atoms with Crippen molar-refractivity contribution in [2.75, 3.05) is 16.8 Å². The Morgan fingerprint density at radius 3 is 2.23 bits per heavy atom. The van der Waals surface area contributed by atoms with E-state index in [0.717, 1.165) is 22.4 Å². The van der Waals surface area contributed by atoms with Gasteiger partial charge in [0.15, 0.2) is 0 Å². The molecule has 0 spiro atoms. The van der Waals surface area contributed by atoms with Crippen LogP contribution in [0.1, 0.15) is 23.6 Å². The van der Waals surface area contributed by atoms with Crippen molar-refractivity contribution in [1.29, 1.82) is 0 Å². The van der Waals surface area contributed by atoms with Crippen LogP contribution in [0.15, 0.2) is 78.5 Å². The molecule has 3 aromatic rings. The lowest BCUT2D eigenvalue weighted by atomic mass is 9.97. The summed E-state index contributed by atoms with van der Waals surface area (Å²) >= 11 is 0. The number of amides is 2. The third-order valence-electron chi connectivity index (χ3n) is 5.18. The lowest BCUT2D eigenvalue weighted by Gasteiger charge is -2.15. The van der Waals surface area contributed by atoms with Crippen LogP contribution in [0.25, 0.3) is 5.57 Å². The maximum Gasteiger partial charge on any atom is 0.282 e. The number of nitrogens with one attached hydrogen (secondary N) is 1. The van der Waals surface area contributed by atoms with Crippen molar-refractivity contribution in [3.8, 4) is 5.75 Å². The van der Waals surface area contributed by atoms with Gasteiger partial charge in [-0.2, -0.15) is 0 Å². The predicted molar refractivity (Wildman–Crippen MR) is 123 cm³/mol. The van der Waals surface area contributed by atoms with Crippen LogP contribution in [0.2, 0.25) is 0 Å². The summed E-state index contributed by atoms with van der Waals surface area (Å²) in [6.45, 7) is 6.46. The summed E-state index contributed by atoms with van der Waals surface area (Å²) in [5.41, 5.74) is 4.68. The fourth-order valence-corrected chi connectivity index (χ4v) is 3.75. The zero-order valence-corrected chi connectivity index (χ0v) is 17.8. The molecule has 4 rings (SSSR count). The molecule has 3 aromatic carbocycles. The number of nitrogens with zero attached hydrogens (tertiary/aromatic N) is 1. The molecule has 0 saturated heterocycles. The minimum Gasteiger partial charge on any atom is -0.494 e. The normalized spacial score (nSPS) is 13.7. The molecule has 0 radical (unpaired) electrons. The molecule has 1 N–H and O–H groups in total. The molecule has 5 nitrogen and oxygen atoms in total. The molecule has 0 aliphatic carbocycles. The lowest BCUT2D eigenvalue weighted by molar-refractivity contribution is -0.120. The Morgan fingerprint density at radius 1 is 0.871 bits per heavy atom. The molecule has 0 bridgehead atoms. The first-order valence-electron chi connectivity index (χ1n) is 10.2. The fraction of sp³-hybridized carbons (Fsp3) is 0.154. The average Bonchev–Trinajstić information content (AvgIpc) is 3.00. The van der Waals surface area contributed by atoms with E-state index in [9.17, 15) is 9.59 Å². The van der Waals surface area contributed by atoms with Crippen molar-refractivity contribution in [2.24, 2.45) is 0 Å². The molecular weight excluding hydrogens is 388 g/mol. The smallest absolute Gasteiger partial charge is 0.282 e. The van der Waals surface area contributed by atoms with Gasteiger partial charge in [0.05, 0.1) is 17.9 Å². The van der Waals surface area contributed by atoms with E-state index < -0.39 is 0 Å². The van der Waals surface area contributed by atoms with Crippen molar-refractivity contribution in [2.45, 2.75) is 20.8 Å². The molecule has 0 unspecified atom stereocenters. The molecule has 0 aromatic heterocycles. The summed E-state index contributed by atoms with van der Waals surface area (Å²) in [4.78, 5) is 28.1. The van der Waals surface area contributed by atoms with E-state index in [0.29, 0.717) is 23.6 Å². The molecule has 0 fully saturated rings. The lowest BCUT2D eigenvalue weighted by Crippen LogP contribution is -2.32. The summed E-state index contributed by atoms with van der Waals surface area (Å²) < 4.78 is 5.49. The van der Waals surface area contributed by atoms with E-state index >= 15 is 0 Å². The van der Waals surface area contributed by atoms with Crippen molar-refractivity contribution in [3.63, 3.8) is 0 Å².